The molecule has 5 heteroatoms. The highest BCUT2D eigenvalue weighted by Gasteiger charge is 2.12. The van der Waals surface area contributed by atoms with Crippen LogP contribution >= 0.6 is 11.3 Å². The fourth-order valence-electron chi connectivity index (χ4n) is 2.01. The quantitative estimate of drug-likeness (QED) is 0.747. The molecule has 0 bridgehead atoms. The van der Waals surface area contributed by atoms with Crippen molar-refractivity contribution >= 4 is 27.5 Å². The number of nitrogens with zero attached hydrogens (tertiary/aromatic N) is 2. The van der Waals surface area contributed by atoms with E-state index < -0.39 is 0 Å². The van der Waals surface area contributed by atoms with E-state index in [2.05, 4.69) is 35.2 Å². The van der Waals surface area contributed by atoms with Crippen LogP contribution in [0, 0.1) is 6.92 Å². The van der Waals surface area contributed by atoms with Crippen LogP contribution in [0.4, 0.5) is 5.95 Å². The predicted octanol–water partition coefficient (Wildman–Crippen LogP) is 4.61. The van der Waals surface area contributed by atoms with Crippen LogP contribution in [-0.2, 0) is 0 Å². The second-order valence-electron chi connectivity index (χ2n) is 4.77. The minimum Gasteiger partial charge on any atom is -0.438 e. The Kier molecular flexibility index (Phi) is 4.01. The van der Waals surface area contributed by atoms with Crippen LogP contribution in [0.5, 0.6) is 11.6 Å². The minimum atomic E-state index is 0.606. The maximum atomic E-state index is 5.94. The highest BCUT2D eigenvalue weighted by atomic mass is 32.1. The lowest BCUT2D eigenvalue weighted by atomic mass is 10.3. The normalized spacial score (nSPS) is 10.8. The molecule has 21 heavy (non-hydrogen) atoms. The van der Waals surface area contributed by atoms with Crippen molar-refractivity contribution < 1.29 is 4.74 Å². The number of fused-ring (bicyclic) bond motifs is 1. The van der Waals surface area contributed by atoms with Gasteiger partial charge in [-0.15, -0.1) is 11.3 Å². The van der Waals surface area contributed by atoms with Crippen molar-refractivity contribution in [2.24, 2.45) is 0 Å². The zero-order valence-corrected chi connectivity index (χ0v) is 12.9. The van der Waals surface area contributed by atoms with Crippen LogP contribution in [0.3, 0.4) is 0 Å². The molecule has 4 nitrogen and oxygen atoms in total. The van der Waals surface area contributed by atoms with Gasteiger partial charge in [-0.05, 0) is 31.5 Å². The molecule has 2 heterocycles. The van der Waals surface area contributed by atoms with E-state index >= 15 is 0 Å². The van der Waals surface area contributed by atoms with Crippen LogP contribution in [0.15, 0.2) is 36.4 Å². The van der Waals surface area contributed by atoms with Crippen molar-refractivity contribution in [1.29, 1.82) is 0 Å². The topological polar surface area (TPSA) is 47.0 Å². The molecule has 0 aliphatic rings. The molecule has 108 valence electrons. The van der Waals surface area contributed by atoms with Crippen molar-refractivity contribution in [3.8, 4) is 11.6 Å². The molecule has 0 spiro atoms. The summed E-state index contributed by atoms with van der Waals surface area (Å²) in [7, 11) is 0. The third-order valence-electron chi connectivity index (χ3n) is 2.97. The van der Waals surface area contributed by atoms with Gasteiger partial charge in [0.05, 0.1) is 5.39 Å². The number of benzene rings is 1. The van der Waals surface area contributed by atoms with Gasteiger partial charge >= 0.3 is 0 Å². The molecule has 3 rings (SSSR count). The lowest BCUT2D eigenvalue weighted by molar-refractivity contribution is 0.469. The third-order valence-corrected chi connectivity index (χ3v) is 3.92. The first-order valence-electron chi connectivity index (χ1n) is 7.01. The molecule has 0 unspecified atom stereocenters. The first-order valence-corrected chi connectivity index (χ1v) is 7.83. The Labute approximate surface area is 127 Å². The zero-order chi connectivity index (χ0) is 14.7. The Hall–Kier alpha value is -2.14. The molecule has 1 N–H and O–H groups in total. The molecule has 2 aromatic heterocycles. The number of aryl methyl sites for hydroxylation is 1. The Morgan fingerprint density at radius 2 is 2.00 bits per heavy atom. The Morgan fingerprint density at radius 3 is 2.76 bits per heavy atom. The van der Waals surface area contributed by atoms with Crippen LogP contribution in [0.25, 0.3) is 10.2 Å². The van der Waals surface area contributed by atoms with Gasteiger partial charge in [-0.25, -0.2) is 4.98 Å². The third kappa shape index (κ3) is 3.13. The van der Waals surface area contributed by atoms with E-state index in [-0.39, 0.29) is 0 Å². The van der Waals surface area contributed by atoms with E-state index in [0.29, 0.717) is 11.8 Å². The second-order valence-corrected chi connectivity index (χ2v) is 6.00. The number of rotatable bonds is 5. The molecule has 0 saturated carbocycles. The maximum Gasteiger partial charge on any atom is 0.232 e. The summed E-state index contributed by atoms with van der Waals surface area (Å²) in [5, 5.41) is 4.19. The summed E-state index contributed by atoms with van der Waals surface area (Å²) in [4.78, 5) is 11.2. The van der Waals surface area contributed by atoms with Gasteiger partial charge in [0, 0.05) is 11.4 Å². The highest BCUT2D eigenvalue weighted by molar-refractivity contribution is 7.18. The average molecular weight is 299 g/mol. The van der Waals surface area contributed by atoms with Crippen LogP contribution < -0.4 is 10.1 Å². The zero-order valence-electron chi connectivity index (χ0n) is 12.1. The first-order chi connectivity index (χ1) is 10.3. The smallest absolute Gasteiger partial charge is 0.232 e. The van der Waals surface area contributed by atoms with Gasteiger partial charge in [-0.1, -0.05) is 25.1 Å². The molecule has 0 atom stereocenters. The summed E-state index contributed by atoms with van der Waals surface area (Å²) in [6.45, 7) is 5.03. The van der Waals surface area contributed by atoms with Crippen molar-refractivity contribution in [3.05, 3.63) is 41.3 Å². The molecular weight excluding hydrogens is 282 g/mol. The van der Waals surface area contributed by atoms with Gasteiger partial charge in [-0.3, -0.25) is 0 Å². The maximum absolute atomic E-state index is 5.94. The number of para-hydroxylation sites is 1. The predicted molar refractivity (Wildman–Crippen MR) is 87.4 cm³/mol. The van der Waals surface area contributed by atoms with Crippen molar-refractivity contribution in [3.63, 3.8) is 0 Å². The second kappa shape index (κ2) is 6.10. The number of anilines is 1. The molecule has 3 aromatic rings. The monoisotopic (exact) mass is 299 g/mol. The fraction of sp³-hybridized carbons (Fsp3) is 0.250. The molecule has 0 amide bonds. The van der Waals surface area contributed by atoms with Crippen molar-refractivity contribution in [2.75, 3.05) is 11.9 Å². The van der Waals surface area contributed by atoms with Gasteiger partial charge < -0.3 is 10.1 Å². The summed E-state index contributed by atoms with van der Waals surface area (Å²) in [6, 6.07) is 11.8. The number of hydrogen-bond acceptors (Lipinski definition) is 5. The largest absolute Gasteiger partial charge is 0.438 e. The van der Waals surface area contributed by atoms with E-state index in [1.165, 1.54) is 4.88 Å². The van der Waals surface area contributed by atoms with E-state index in [9.17, 15) is 0 Å². The number of thiophene rings is 1. The van der Waals surface area contributed by atoms with E-state index in [1.54, 1.807) is 11.3 Å². The van der Waals surface area contributed by atoms with E-state index in [1.807, 2.05) is 30.3 Å². The lowest BCUT2D eigenvalue weighted by Gasteiger charge is -2.08. The molecular formula is C16H17N3OS. The van der Waals surface area contributed by atoms with Crippen LogP contribution in [-0.4, -0.2) is 16.5 Å². The molecule has 1 aromatic carbocycles. The molecule has 0 radical (unpaired) electrons. The first kappa shape index (κ1) is 13.8. The minimum absolute atomic E-state index is 0.606. The summed E-state index contributed by atoms with van der Waals surface area (Å²) < 4.78 is 5.94. The Balaban J connectivity index is 2.01. The van der Waals surface area contributed by atoms with Crippen molar-refractivity contribution in [2.45, 2.75) is 20.3 Å². The van der Waals surface area contributed by atoms with Gasteiger partial charge in [0.15, 0.2) is 0 Å². The van der Waals surface area contributed by atoms with Gasteiger partial charge in [0.1, 0.15) is 10.6 Å². The standard InChI is InChI=1S/C16H17N3OS/c1-3-9-17-16-18-14(20-12-7-5-4-6-8-12)13-10-11(2)21-15(13)19-16/h4-8,10H,3,9H2,1-2H3,(H,17,18,19). The Bertz CT molecular complexity index is 740. The lowest BCUT2D eigenvalue weighted by Crippen LogP contribution is -2.04. The molecule has 0 aliphatic heterocycles. The number of hydrogen-bond donors (Lipinski definition) is 1. The fourth-order valence-corrected chi connectivity index (χ4v) is 2.88. The summed E-state index contributed by atoms with van der Waals surface area (Å²) in [6.07, 6.45) is 1.03. The average Bonchev–Trinajstić information content (AvgIpc) is 2.87. The van der Waals surface area contributed by atoms with Gasteiger partial charge in [0.25, 0.3) is 0 Å². The Morgan fingerprint density at radius 1 is 1.19 bits per heavy atom. The number of ether oxygens (including phenoxy) is 1. The summed E-state index contributed by atoms with van der Waals surface area (Å²) in [5.74, 6) is 2.01. The van der Waals surface area contributed by atoms with Gasteiger partial charge in [-0.2, -0.15) is 4.98 Å². The summed E-state index contributed by atoms with van der Waals surface area (Å²) >= 11 is 1.65. The molecule has 0 aliphatic carbocycles. The van der Waals surface area contributed by atoms with E-state index in [0.717, 1.165) is 28.9 Å². The van der Waals surface area contributed by atoms with Gasteiger partial charge in [0.2, 0.25) is 11.8 Å². The van der Waals surface area contributed by atoms with Crippen LogP contribution in [0.1, 0.15) is 18.2 Å². The molecule has 0 saturated heterocycles. The number of aromatic nitrogens is 2. The van der Waals surface area contributed by atoms with E-state index in [4.69, 9.17) is 4.74 Å². The highest BCUT2D eigenvalue weighted by Crippen LogP contribution is 2.33. The number of nitrogens with one attached hydrogen (secondary N) is 1. The SMILES string of the molecule is CCCNc1nc(Oc2ccccc2)c2cc(C)sc2n1. The summed E-state index contributed by atoms with van der Waals surface area (Å²) in [5.41, 5.74) is 0. The van der Waals surface area contributed by atoms with Crippen LogP contribution in [0.2, 0.25) is 0 Å². The molecule has 0 fully saturated rings. The van der Waals surface area contributed by atoms with Crippen molar-refractivity contribution in [1.82, 2.24) is 9.97 Å².